The van der Waals surface area contributed by atoms with Crippen molar-refractivity contribution in [1.82, 2.24) is 10.6 Å². The first-order chi connectivity index (χ1) is 5.38. The first kappa shape index (κ1) is 6.54. The Morgan fingerprint density at radius 3 is 3.00 bits per heavy atom. The normalized spacial score (nSPS) is 14.7. The molecule has 1 aromatic rings. The van der Waals surface area contributed by atoms with Gasteiger partial charge in [0.25, 0.3) is 0 Å². The molecule has 2 rings (SSSR count). The summed E-state index contributed by atoms with van der Waals surface area (Å²) >= 11 is 1.43. The molecule has 0 atom stereocenters. The molecule has 3 nitrogen and oxygen atoms in total. The standard InChI is InChI=1S/C7H6N3S/c8-7-5-3-1-2-4-6(5)11-10-9-7/h1-4,8,10H. The second-order valence-corrected chi connectivity index (χ2v) is 2.98. The molecule has 55 valence electrons. The number of hydrazone groups is 1. The second kappa shape index (κ2) is 2.47. The van der Waals surface area contributed by atoms with Crippen LogP contribution in [0.2, 0.25) is 0 Å². The van der Waals surface area contributed by atoms with Crippen molar-refractivity contribution in [3.8, 4) is 0 Å². The first-order valence-electron chi connectivity index (χ1n) is 3.18. The molecular weight excluding hydrogens is 158 g/mol. The van der Waals surface area contributed by atoms with Crippen LogP contribution < -0.4 is 10.6 Å². The number of hydrogen-bond acceptors (Lipinski definition) is 3. The fraction of sp³-hybridized carbons (Fsp3) is 0. The fourth-order valence-electron chi connectivity index (χ4n) is 0.929. The van der Waals surface area contributed by atoms with Gasteiger partial charge in [0, 0.05) is 22.4 Å². The Morgan fingerprint density at radius 2 is 2.18 bits per heavy atom. The van der Waals surface area contributed by atoms with E-state index in [1.165, 1.54) is 11.9 Å². The third-order valence-electron chi connectivity index (χ3n) is 1.46. The highest BCUT2D eigenvalue weighted by Crippen LogP contribution is 2.22. The lowest BCUT2D eigenvalue weighted by Crippen LogP contribution is -2.13. The quantitative estimate of drug-likeness (QED) is 0.586. The number of hydrogen-bond donors (Lipinski definition) is 1. The van der Waals surface area contributed by atoms with Crippen molar-refractivity contribution in [3.05, 3.63) is 29.8 Å². The third-order valence-corrected chi connectivity index (χ3v) is 2.21. The summed E-state index contributed by atoms with van der Waals surface area (Å²) in [6.45, 7) is 0. The predicted molar refractivity (Wildman–Crippen MR) is 45.1 cm³/mol. The van der Waals surface area contributed by atoms with Crippen LogP contribution in [0, 0.1) is 0 Å². The minimum Gasteiger partial charge on any atom is -0.281 e. The van der Waals surface area contributed by atoms with E-state index in [4.69, 9.17) is 5.73 Å². The zero-order valence-corrected chi connectivity index (χ0v) is 6.48. The molecular formula is C7H6N3S. The molecule has 0 amide bonds. The lowest BCUT2D eigenvalue weighted by molar-refractivity contribution is 1.07. The highest BCUT2D eigenvalue weighted by atomic mass is 32.2. The highest BCUT2D eigenvalue weighted by molar-refractivity contribution is 7.97. The Balaban J connectivity index is 2.56. The van der Waals surface area contributed by atoms with E-state index in [0.717, 1.165) is 10.5 Å². The molecule has 0 unspecified atom stereocenters. The molecule has 1 radical (unpaired) electrons. The topological polar surface area (TPSA) is 48.2 Å². The van der Waals surface area contributed by atoms with Gasteiger partial charge in [0.05, 0.1) is 0 Å². The van der Waals surface area contributed by atoms with Crippen LogP contribution in [-0.4, -0.2) is 5.84 Å². The Kier molecular flexibility index (Phi) is 1.47. The summed E-state index contributed by atoms with van der Waals surface area (Å²) in [4.78, 5) is 3.77. The van der Waals surface area contributed by atoms with Crippen molar-refractivity contribution in [2.75, 3.05) is 0 Å². The molecule has 1 aromatic carbocycles. The molecule has 0 aromatic heterocycles. The van der Waals surface area contributed by atoms with Gasteiger partial charge in [-0.25, -0.2) is 4.83 Å². The molecule has 0 fully saturated rings. The van der Waals surface area contributed by atoms with Crippen LogP contribution in [-0.2, 0) is 0 Å². The van der Waals surface area contributed by atoms with Crippen molar-refractivity contribution in [2.24, 2.45) is 5.10 Å². The number of rotatable bonds is 0. The van der Waals surface area contributed by atoms with Gasteiger partial charge in [-0.3, -0.25) is 5.73 Å². The lowest BCUT2D eigenvalue weighted by Gasteiger charge is -2.11. The second-order valence-electron chi connectivity index (χ2n) is 2.15. The van der Waals surface area contributed by atoms with Crippen molar-refractivity contribution in [2.45, 2.75) is 4.90 Å². The van der Waals surface area contributed by atoms with E-state index in [1.54, 1.807) is 0 Å². The van der Waals surface area contributed by atoms with Gasteiger partial charge in [-0.2, -0.15) is 0 Å². The average molecular weight is 164 g/mol. The minimum absolute atomic E-state index is 0.305. The predicted octanol–water partition coefficient (Wildman–Crippen LogP) is 1.24. The zero-order valence-electron chi connectivity index (χ0n) is 5.66. The Bertz CT molecular complexity index is 308. The summed E-state index contributed by atoms with van der Waals surface area (Å²) < 4.78 is 0. The van der Waals surface area contributed by atoms with Crippen molar-refractivity contribution >= 4 is 17.8 Å². The summed E-state index contributed by atoms with van der Waals surface area (Å²) in [6, 6.07) is 7.73. The van der Waals surface area contributed by atoms with Gasteiger partial charge < -0.3 is 0 Å². The van der Waals surface area contributed by atoms with Gasteiger partial charge in [-0.15, -0.1) is 5.10 Å². The smallest absolute Gasteiger partial charge is 0.173 e. The molecule has 11 heavy (non-hydrogen) atoms. The summed E-state index contributed by atoms with van der Waals surface area (Å²) in [7, 11) is 0. The maximum atomic E-state index is 7.43. The van der Waals surface area contributed by atoms with E-state index in [0.29, 0.717) is 5.84 Å². The van der Waals surface area contributed by atoms with E-state index in [9.17, 15) is 0 Å². The average Bonchev–Trinajstić information content (AvgIpc) is 2.06. The summed E-state index contributed by atoms with van der Waals surface area (Å²) in [6.07, 6.45) is 0. The molecule has 4 heteroatoms. The van der Waals surface area contributed by atoms with Crippen LogP contribution in [0.25, 0.3) is 0 Å². The van der Waals surface area contributed by atoms with Crippen LogP contribution in [0.4, 0.5) is 0 Å². The van der Waals surface area contributed by atoms with Gasteiger partial charge in [-0.1, -0.05) is 12.1 Å². The number of benzene rings is 1. The molecule has 0 spiro atoms. The molecule has 0 saturated heterocycles. The first-order valence-corrected chi connectivity index (χ1v) is 4.00. The van der Waals surface area contributed by atoms with E-state index < -0.39 is 0 Å². The largest absolute Gasteiger partial charge is 0.281 e. The Morgan fingerprint density at radius 1 is 1.36 bits per heavy atom. The Hall–Kier alpha value is -1.16. The maximum absolute atomic E-state index is 7.43. The number of nitrogens with zero attached hydrogens (tertiary/aromatic N) is 1. The van der Waals surface area contributed by atoms with Crippen LogP contribution in [0.1, 0.15) is 5.56 Å². The Labute approximate surface area is 68.8 Å². The summed E-state index contributed by atoms with van der Waals surface area (Å²) in [5, 5.41) is 3.77. The van der Waals surface area contributed by atoms with E-state index in [2.05, 4.69) is 9.93 Å². The van der Waals surface area contributed by atoms with Gasteiger partial charge in [0.15, 0.2) is 5.84 Å². The summed E-state index contributed by atoms with van der Waals surface area (Å²) in [5.41, 5.74) is 8.33. The van der Waals surface area contributed by atoms with E-state index in [-0.39, 0.29) is 0 Å². The third kappa shape index (κ3) is 1.05. The lowest BCUT2D eigenvalue weighted by atomic mass is 10.2. The SMILES string of the molecule is [NH]C1=NNSc2ccccc21. The van der Waals surface area contributed by atoms with Crippen LogP contribution in [0.3, 0.4) is 0 Å². The number of amidine groups is 1. The molecule has 0 bridgehead atoms. The van der Waals surface area contributed by atoms with E-state index in [1.807, 2.05) is 24.3 Å². The van der Waals surface area contributed by atoms with Crippen molar-refractivity contribution in [3.63, 3.8) is 0 Å². The minimum atomic E-state index is 0.305. The van der Waals surface area contributed by atoms with Crippen LogP contribution in [0.15, 0.2) is 34.3 Å². The van der Waals surface area contributed by atoms with Gasteiger partial charge in [0.2, 0.25) is 0 Å². The zero-order chi connectivity index (χ0) is 7.68. The maximum Gasteiger partial charge on any atom is 0.173 e. The van der Waals surface area contributed by atoms with Crippen LogP contribution in [0.5, 0.6) is 0 Å². The van der Waals surface area contributed by atoms with Crippen LogP contribution >= 0.6 is 11.9 Å². The molecule has 0 saturated carbocycles. The fourth-order valence-corrected chi connectivity index (χ4v) is 1.59. The molecule has 2 N–H and O–H groups in total. The molecule has 1 aliphatic heterocycles. The summed E-state index contributed by atoms with van der Waals surface area (Å²) in [5.74, 6) is 0.305. The van der Waals surface area contributed by atoms with Gasteiger partial charge in [-0.05, 0) is 12.1 Å². The molecule has 0 aliphatic carbocycles. The van der Waals surface area contributed by atoms with Gasteiger partial charge >= 0.3 is 0 Å². The van der Waals surface area contributed by atoms with E-state index >= 15 is 0 Å². The van der Waals surface area contributed by atoms with Crippen molar-refractivity contribution < 1.29 is 0 Å². The van der Waals surface area contributed by atoms with Crippen molar-refractivity contribution in [1.29, 1.82) is 0 Å². The number of fused-ring (bicyclic) bond motifs is 1. The monoisotopic (exact) mass is 164 g/mol. The highest BCUT2D eigenvalue weighted by Gasteiger charge is 2.10. The van der Waals surface area contributed by atoms with Gasteiger partial charge in [0.1, 0.15) is 0 Å². The number of nitrogens with one attached hydrogen (secondary N) is 2. The molecule has 1 aliphatic rings. The molecule has 1 heterocycles.